The molecule has 0 aliphatic heterocycles. The molecule has 0 amide bonds. The zero-order valence-electron chi connectivity index (χ0n) is 11.6. The Morgan fingerprint density at radius 1 is 1.29 bits per heavy atom. The molecule has 1 aliphatic carbocycles. The van der Waals surface area contributed by atoms with Crippen LogP contribution in [0.15, 0.2) is 29.4 Å². The van der Waals surface area contributed by atoms with Crippen molar-refractivity contribution in [1.82, 2.24) is 10.2 Å². The maximum Gasteiger partial charge on any atom is 0.501 e. The summed E-state index contributed by atoms with van der Waals surface area (Å²) in [6, 6.07) is 1.57. The number of sulfone groups is 1. The van der Waals surface area contributed by atoms with Gasteiger partial charge in [0.25, 0.3) is 15.8 Å². The predicted molar refractivity (Wildman–Crippen MR) is 70.9 cm³/mol. The van der Waals surface area contributed by atoms with E-state index in [1.54, 1.807) is 0 Å². The largest absolute Gasteiger partial charge is 0.501 e. The molecule has 0 bridgehead atoms. The van der Waals surface area contributed by atoms with Gasteiger partial charge in [-0.15, -0.1) is 0 Å². The quantitative estimate of drug-likeness (QED) is 0.799. The average Bonchev–Trinajstić information content (AvgIpc) is 3.05. The number of nitrogens with zero attached hydrogens (tertiary/aromatic N) is 1. The molecule has 2 N–H and O–H groups in total. The molecule has 1 aliphatic rings. The van der Waals surface area contributed by atoms with Crippen molar-refractivity contribution in [2.24, 2.45) is 0 Å². The van der Waals surface area contributed by atoms with Crippen LogP contribution in [-0.4, -0.2) is 35.2 Å². The van der Waals surface area contributed by atoms with E-state index in [0.717, 1.165) is 6.07 Å². The number of benzene rings is 1. The van der Waals surface area contributed by atoms with E-state index < -0.39 is 44.3 Å². The lowest BCUT2D eigenvalue weighted by atomic mass is 9.99. The van der Waals surface area contributed by atoms with E-state index in [2.05, 4.69) is 10.2 Å². The Labute approximate surface area is 132 Å². The summed E-state index contributed by atoms with van der Waals surface area (Å²) in [5.41, 5.74) is -6.58. The molecule has 0 saturated heterocycles. The number of aromatic nitrogens is 2. The summed E-state index contributed by atoms with van der Waals surface area (Å²) in [7, 11) is -5.89. The molecule has 1 aromatic carbocycles. The Morgan fingerprint density at radius 3 is 2.50 bits per heavy atom. The van der Waals surface area contributed by atoms with Crippen LogP contribution in [0.25, 0.3) is 11.1 Å². The summed E-state index contributed by atoms with van der Waals surface area (Å²) in [5, 5.41) is 15.8. The van der Waals surface area contributed by atoms with Crippen molar-refractivity contribution in [1.29, 1.82) is 0 Å². The zero-order chi connectivity index (χ0) is 17.9. The fraction of sp³-hybridized carbons (Fsp3) is 0.308. The minimum atomic E-state index is -5.89. The average molecular weight is 368 g/mol. The first-order chi connectivity index (χ1) is 11.0. The summed E-state index contributed by atoms with van der Waals surface area (Å²) in [6.07, 6.45) is -1.16. The van der Waals surface area contributed by atoms with E-state index in [0.29, 0.717) is 6.07 Å². The molecule has 3 rings (SSSR count). The summed E-state index contributed by atoms with van der Waals surface area (Å²) in [4.78, 5) is -1.36. The molecule has 11 heteroatoms. The van der Waals surface area contributed by atoms with Crippen LogP contribution < -0.4 is 0 Å². The summed E-state index contributed by atoms with van der Waals surface area (Å²) < 4.78 is 89.5. The van der Waals surface area contributed by atoms with Crippen molar-refractivity contribution in [2.45, 2.75) is 28.9 Å². The molecule has 2 aromatic rings. The fourth-order valence-electron chi connectivity index (χ4n) is 2.70. The van der Waals surface area contributed by atoms with Crippen molar-refractivity contribution < 1.29 is 35.5 Å². The standard InChI is InChI=1S/C13H9F5N2O3S/c14-12(15)3-8-7(6-4-19-20-5-6)1-2-9(10(8)11(12)21)24(22,23)13(16,17)18/h1-2,4-5,11,21H,3H2,(H,19,20)/t11-/m0/s1. The Morgan fingerprint density at radius 2 is 1.96 bits per heavy atom. The highest BCUT2D eigenvalue weighted by molar-refractivity contribution is 7.92. The van der Waals surface area contributed by atoms with Gasteiger partial charge in [-0.2, -0.15) is 18.3 Å². The first-order valence-corrected chi connectivity index (χ1v) is 7.97. The van der Waals surface area contributed by atoms with Crippen LogP contribution in [-0.2, 0) is 16.3 Å². The van der Waals surface area contributed by atoms with Crippen molar-refractivity contribution in [3.05, 3.63) is 35.7 Å². The molecule has 130 valence electrons. The molecule has 0 radical (unpaired) electrons. The van der Waals surface area contributed by atoms with Crippen molar-refractivity contribution >= 4 is 9.84 Å². The normalized spacial score (nSPS) is 20.2. The van der Waals surface area contributed by atoms with Crippen LogP contribution in [0, 0.1) is 0 Å². The van der Waals surface area contributed by atoms with Crippen molar-refractivity contribution in [3.63, 3.8) is 0 Å². The van der Waals surface area contributed by atoms with Gasteiger partial charge in [0.1, 0.15) is 6.10 Å². The van der Waals surface area contributed by atoms with E-state index in [1.807, 2.05) is 0 Å². The molecular formula is C13H9F5N2O3S. The smallest absolute Gasteiger partial charge is 0.382 e. The summed E-state index contributed by atoms with van der Waals surface area (Å²) in [6.45, 7) is 0. The highest BCUT2D eigenvalue weighted by atomic mass is 32.2. The Bertz CT molecular complexity index is 891. The number of alkyl halides is 5. The number of aliphatic hydroxyl groups is 1. The molecule has 5 nitrogen and oxygen atoms in total. The van der Waals surface area contributed by atoms with Gasteiger partial charge in [0, 0.05) is 23.7 Å². The van der Waals surface area contributed by atoms with Crippen LogP contribution in [0.2, 0.25) is 0 Å². The Kier molecular flexibility index (Phi) is 3.50. The van der Waals surface area contributed by atoms with Crippen molar-refractivity contribution in [2.75, 3.05) is 0 Å². The Balaban J connectivity index is 2.32. The molecule has 0 unspecified atom stereocenters. The van der Waals surface area contributed by atoms with E-state index in [4.69, 9.17) is 0 Å². The number of rotatable bonds is 2. The second-order valence-corrected chi connectivity index (χ2v) is 7.19. The Hall–Kier alpha value is -2.01. The van der Waals surface area contributed by atoms with Gasteiger partial charge in [-0.3, -0.25) is 5.10 Å². The van der Waals surface area contributed by atoms with E-state index in [1.165, 1.54) is 12.4 Å². The molecule has 0 spiro atoms. The lowest BCUT2D eigenvalue weighted by Gasteiger charge is -2.17. The molecule has 1 aromatic heterocycles. The van der Waals surface area contributed by atoms with Crippen LogP contribution in [0.4, 0.5) is 22.0 Å². The third-order valence-electron chi connectivity index (χ3n) is 3.81. The van der Waals surface area contributed by atoms with E-state index in [9.17, 15) is 35.5 Å². The highest BCUT2D eigenvalue weighted by Crippen LogP contribution is 2.50. The number of hydrogen-bond donors (Lipinski definition) is 2. The van der Waals surface area contributed by atoms with Gasteiger partial charge >= 0.3 is 5.51 Å². The zero-order valence-corrected chi connectivity index (χ0v) is 12.4. The van der Waals surface area contributed by atoms with Gasteiger partial charge in [0.15, 0.2) is 0 Å². The first-order valence-electron chi connectivity index (χ1n) is 6.49. The minimum absolute atomic E-state index is 0.0797. The van der Waals surface area contributed by atoms with Gasteiger partial charge in [-0.05, 0) is 17.2 Å². The molecule has 0 fully saturated rings. The van der Waals surface area contributed by atoms with Crippen molar-refractivity contribution in [3.8, 4) is 11.1 Å². The number of aromatic amines is 1. The fourth-order valence-corrected chi connectivity index (χ4v) is 3.73. The minimum Gasteiger partial charge on any atom is -0.382 e. The van der Waals surface area contributed by atoms with Crippen LogP contribution in [0.3, 0.4) is 0 Å². The maximum absolute atomic E-state index is 13.9. The maximum atomic E-state index is 13.9. The second-order valence-electron chi connectivity index (χ2n) is 5.28. The number of hydrogen-bond acceptors (Lipinski definition) is 4. The lowest BCUT2D eigenvalue weighted by molar-refractivity contribution is -0.0977. The first kappa shape index (κ1) is 16.8. The molecule has 1 heterocycles. The molecular weight excluding hydrogens is 359 g/mol. The summed E-state index contributed by atoms with van der Waals surface area (Å²) >= 11 is 0. The third kappa shape index (κ3) is 2.30. The highest BCUT2D eigenvalue weighted by Gasteiger charge is 2.54. The molecule has 24 heavy (non-hydrogen) atoms. The monoisotopic (exact) mass is 368 g/mol. The number of aliphatic hydroxyl groups excluding tert-OH is 1. The lowest BCUT2D eigenvalue weighted by Crippen LogP contribution is -2.26. The van der Waals surface area contributed by atoms with E-state index >= 15 is 0 Å². The number of fused-ring (bicyclic) bond motifs is 1. The van der Waals surface area contributed by atoms with Gasteiger partial charge < -0.3 is 5.11 Å². The van der Waals surface area contributed by atoms with Gasteiger partial charge in [0.05, 0.1) is 11.1 Å². The topological polar surface area (TPSA) is 83.0 Å². The van der Waals surface area contributed by atoms with Gasteiger partial charge in [-0.1, -0.05) is 6.07 Å². The molecule has 1 atom stereocenters. The summed E-state index contributed by atoms with van der Waals surface area (Å²) in [5.74, 6) is -3.78. The number of nitrogens with one attached hydrogen (secondary N) is 1. The SMILES string of the molecule is O=S(=O)(c1ccc(-c2cn[nH]c2)c2c1[C@H](O)C(F)(F)C2)C(F)(F)F. The van der Waals surface area contributed by atoms with Crippen LogP contribution in [0.5, 0.6) is 0 Å². The predicted octanol–water partition coefficient (Wildman–Crippen LogP) is 2.60. The van der Waals surface area contributed by atoms with Crippen LogP contribution in [0.1, 0.15) is 17.2 Å². The van der Waals surface area contributed by atoms with Gasteiger partial charge in [-0.25, -0.2) is 17.2 Å². The number of halogens is 5. The van der Waals surface area contributed by atoms with E-state index in [-0.39, 0.29) is 16.7 Å². The second kappa shape index (κ2) is 4.99. The van der Waals surface area contributed by atoms with Crippen LogP contribution >= 0.6 is 0 Å². The van der Waals surface area contributed by atoms with Gasteiger partial charge in [0.2, 0.25) is 0 Å². The number of H-pyrrole nitrogens is 1. The third-order valence-corrected chi connectivity index (χ3v) is 5.35. The molecule has 0 saturated carbocycles.